The van der Waals surface area contributed by atoms with Crippen LogP contribution in [-0.2, 0) is 6.04 Å². The van der Waals surface area contributed by atoms with E-state index in [-0.39, 0.29) is 0 Å². The van der Waals surface area contributed by atoms with Crippen molar-refractivity contribution in [2.24, 2.45) is 0 Å². The van der Waals surface area contributed by atoms with Crippen molar-refractivity contribution in [1.82, 2.24) is 9.13 Å². The Labute approximate surface area is 325 Å². The van der Waals surface area contributed by atoms with Crippen LogP contribution in [0.25, 0.3) is 55.0 Å². The van der Waals surface area contributed by atoms with Gasteiger partial charge in [0.15, 0.2) is 0 Å². The van der Waals surface area contributed by atoms with Crippen molar-refractivity contribution in [1.29, 1.82) is 0 Å². The van der Waals surface area contributed by atoms with Crippen LogP contribution < -0.4 is 25.9 Å². The highest BCUT2D eigenvalue weighted by Gasteiger charge is 2.46. The molecule has 23 rings (SSSR count). The Morgan fingerprint density at radius 1 is 0.333 bits per heavy atom. The normalized spacial score (nSPS) is 18.9. The summed E-state index contributed by atoms with van der Waals surface area (Å²) in [7, 11) is -9.68. The molecule has 17 heterocycles. The zero-order chi connectivity index (χ0) is 37.7. The Kier molecular flexibility index (Phi) is 7.07. The molecule has 2 aromatic heterocycles. The first-order valence-electron chi connectivity index (χ1n) is 19.9. The van der Waals surface area contributed by atoms with E-state index < -0.39 is 38.4 Å². The molecule has 0 aliphatic carbocycles. The summed E-state index contributed by atoms with van der Waals surface area (Å²) in [6.45, 7) is 26.4. The van der Waals surface area contributed by atoms with Gasteiger partial charge in [0.05, 0.1) is 60.5 Å². The molecule has 0 unspecified atom stereocenters. The van der Waals surface area contributed by atoms with Gasteiger partial charge in [-0.2, -0.15) is 0 Å². The van der Waals surface area contributed by atoms with Crippen molar-refractivity contribution in [2.75, 3.05) is 0 Å². The van der Waals surface area contributed by atoms with Crippen LogP contribution in [0.3, 0.4) is 0 Å². The summed E-state index contributed by atoms with van der Waals surface area (Å²) < 4.78 is 5.13. The van der Waals surface area contributed by atoms with Gasteiger partial charge in [0.25, 0.3) is 0 Å². The summed E-state index contributed by atoms with van der Waals surface area (Å²) >= 11 is 0. The van der Waals surface area contributed by atoms with Crippen LogP contribution in [0.1, 0.15) is 5.56 Å². The molecule has 8 aromatic rings. The van der Waals surface area contributed by atoms with Gasteiger partial charge in [-0.3, -0.25) is 0 Å². The Balaban J connectivity index is 1.40. The number of hydrogen-bond donors (Lipinski definition) is 0. The largest absolute Gasteiger partial charge is 0.309 e. The lowest BCUT2D eigenvalue weighted by Gasteiger charge is -2.40. The standard InChI is InChI=1S/C47H52N2Si5/c1-50(2)31-32-11-13-33(14-12-32)48-44-23-19-36-27-40(44)41-28-37(20-24-45(41)48)52(5,6)54(9,10)39-22-26-47-43(30-39)42-29-38(53(7,8)51(36,3)4)21-25-46(42)49(47)34-15-17-35(50)18-16-34/h11-30H,31H2,1-10H3. The lowest BCUT2D eigenvalue weighted by atomic mass is 10.1. The highest BCUT2D eigenvalue weighted by atomic mass is 29.3. The highest BCUT2D eigenvalue weighted by Crippen LogP contribution is 2.37. The van der Waals surface area contributed by atoms with Gasteiger partial charge in [-0.25, -0.2) is 0 Å². The maximum atomic E-state index is 2.66. The molecule has 7 heteroatoms. The predicted molar refractivity (Wildman–Crippen MR) is 251 cm³/mol. The van der Waals surface area contributed by atoms with Crippen molar-refractivity contribution in [3.8, 4) is 11.4 Å². The minimum Gasteiger partial charge on any atom is -0.309 e. The van der Waals surface area contributed by atoms with E-state index in [2.05, 4.69) is 196 Å². The topological polar surface area (TPSA) is 9.86 Å². The van der Waals surface area contributed by atoms with E-state index in [1.54, 1.807) is 20.7 Å². The van der Waals surface area contributed by atoms with Crippen LogP contribution in [-0.4, -0.2) is 47.6 Å². The summed E-state index contributed by atoms with van der Waals surface area (Å²) in [5.41, 5.74) is 9.28. The Hall–Kier alpha value is -4.00. The average Bonchev–Trinajstić information content (AvgIpc) is 3.65. The van der Waals surface area contributed by atoms with Crippen LogP contribution in [0.15, 0.2) is 121 Å². The molecular formula is C47H52N2Si5. The fourth-order valence-corrected chi connectivity index (χ4v) is 30.0. The number of rotatable bonds is 0. The maximum Gasteiger partial charge on any atom is 0.0849 e. The van der Waals surface area contributed by atoms with Crippen molar-refractivity contribution in [2.45, 2.75) is 71.5 Å². The minimum atomic E-state index is -1.98. The number of hydrogen-bond acceptors (Lipinski definition) is 0. The SMILES string of the molecule is C[Si]1(C)Cc2ccc(cc2)-n2c3ccc4cc3c3cc(ccc32)[Si](C)(C)[Si](C)(C)c2ccc3c(c2)c2cc(ccc2n3-c2ccc1cc2)[Si](C)(C)[Si]4(C)C. The van der Waals surface area contributed by atoms with Gasteiger partial charge in [0.1, 0.15) is 0 Å². The molecule has 0 spiro atoms. The third-order valence-corrected chi connectivity index (χ3v) is 54.0. The lowest BCUT2D eigenvalue weighted by Crippen LogP contribution is -2.69. The second-order valence-corrected chi connectivity index (χ2v) is 54.4. The Morgan fingerprint density at radius 2 is 0.611 bits per heavy atom. The quantitative estimate of drug-likeness (QED) is 0.136. The van der Waals surface area contributed by atoms with Gasteiger partial charge in [0, 0.05) is 32.9 Å². The lowest BCUT2D eigenvalue weighted by molar-refractivity contribution is 1.17. The molecule has 0 atom stereocenters. The molecule has 0 saturated carbocycles. The molecule has 15 aliphatic rings. The van der Waals surface area contributed by atoms with Crippen molar-refractivity contribution < 1.29 is 0 Å². The zero-order valence-corrected chi connectivity index (χ0v) is 38.6. The third-order valence-electron chi connectivity index (χ3n) is 15.3. The maximum absolute atomic E-state index is 2.66. The van der Waals surface area contributed by atoms with Gasteiger partial charge >= 0.3 is 0 Å². The summed E-state index contributed by atoms with van der Waals surface area (Å²) in [5, 5.41) is 13.5. The van der Waals surface area contributed by atoms with E-state index in [0.29, 0.717) is 0 Å². The first-order chi connectivity index (χ1) is 25.5. The second-order valence-electron chi connectivity index (χ2n) is 19.4. The van der Waals surface area contributed by atoms with E-state index in [1.165, 1.54) is 65.7 Å². The zero-order valence-electron chi connectivity index (χ0n) is 33.6. The molecule has 0 fully saturated rings. The minimum absolute atomic E-state index is 1.12. The number of nitrogens with zero attached hydrogens (tertiary/aromatic N) is 2. The van der Waals surface area contributed by atoms with Crippen LogP contribution in [0.4, 0.5) is 0 Å². The second kappa shape index (κ2) is 11.1. The van der Waals surface area contributed by atoms with E-state index in [1.807, 2.05) is 0 Å². The average molecular weight is 785 g/mol. The highest BCUT2D eigenvalue weighted by molar-refractivity contribution is 7.50. The summed E-state index contributed by atoms with van der Waals surface area (Å²) in [6.07, 6.45) is 0. The molecule has 0 saturated heterocycles. The summed E-state index contributed by atoms with van der Waals surface area (Å²) in [4.78, 5) is 0. The Morgan fingerprint density at radius 3 is 0.926 bits per heavy atom. The van der Waals surface area contributed by atoms with Crippen molar-refractivity contribution in [3.63, 3.8) is 0 Å². The smallest absolute Gasteiger partial charge is 0.0849 e. The first-order valence-corrected chi connectivity index (χ1v) is 37.1. The first kappa shape index (κ1) is 34.5. The molecule has 0 amide bonds. The van der Waals surface area contributed by atoms with Gasteiger partial charge in [-0.15, -0.1) is 0 Å². The predicted octanol–water partition coefficient (Wildman–Crippen LogP) is 9.42. The van der Waals surface area contributed by atoms with Gasteiger partial charge < -0.3 is 9.13 Å². The fourth-order valence-electron chi connectivity index (χ4n) is 10.0. The van der Waals surface area contributed by atoms with Crippen LogP contribution in [0.2, 0.25) is 65.5 Å². The molecule has 6 aromatic carbocycles. The van der Waals surface area contributed by atoms with Crippen molar-refractivity contribution >= 4 is 108 Å². The summed E-state index contributed by atoms with van der Waals surface area (Å²) in [6, 6.07) is 51.0. The molecule has 15 aliphatic heterocycles. The van der Waals surface area contributed by atoms with Crippen LogP contribution in [0, 0.1) is 0 Å². The molecular weight excluding hydrogens is 733 g/mol. The van der Waals surface area contributed by atoms with Crippen molar-refractivity contribution in [3.05, 3.63) is 127 Å². The Bertz CT molecular complexity index is 2730. The van der Waals surface area contributed by atoms with E-state index in [9.17, 15) is 0 Å². The molecule has 270 valence electrons. The molecule has 18 bridgehead atoms. The molecule has 54 heavy (non-hydrogen) atoms. The van der Waals surface area contributed by atoms with Crippen LogP contribution >= 0.6 is 0 Å². The number of aromatic nitrogens is 2. The van der Waals surface area contributed by atoms with Gasteiger partial charge in [-0.05, 0) is 54.6 Å². The molecule has 2 nitrogen and oxygen atoms in total. The third kappa shape index (κ3) is 4.53. The van der Waals surface area contributed by atoms with Gasteiger partial charge in [0.2, 0.25) is 0 Å². The number of benzene rings is 6. The summed E-state index contributed by atoms with van der Waals surface area (Å²) in [5.74, 6) is 0. The molecule has 0 radical (unpaired) electrons. The fraction of sp³-hybridized carbons (Fsp3) is 0.234. The van der Waals surface area contributed by atoms with Gasteiger partial charge in [-0.1, -0.05) is 170 Å². The monoisotopic (exact) mass is 784 g/mol. The van der Waals surface area contributed by atoms with E-state index in [4.69, 9.17) is 0 Å². The van der Waals surface area contributed by atoms with E-state index in [0.717, 1.165) is 6.04 Å². The van der Waals surface area contributed by atoms with Crippen LogP contribution in [0.5, 0.6) is 0 Å². The van der Waals surface area contributed by atoms with E-state index >= 15 is 0 Å². The molecule has 0 N–H and O–H groups in total.